The maximum absolute atomic E-state index is 12.3. The van der Waals surface area contributed by atoms with E-state index in [4.69, 9.17) is 5.10 Å². The van der Waals surface area contributed by atoms with Gasteiger partial charge in [-0.15, -0.1) is 0 Å². The molecule has 4 aromatic carbocycles. The van der Waals surface area contributed by atoms with Gasteiger partial charge >= 0.3 is 0 Å². The van der Waals surface area contributed by atoms with Crippen LogP contribution in [0.5, 0.6) is 5.75 Å². The summed E-state index contributed by atoms with van der Waals surface area (Å²) in [7, 11) is 0. The van der Waals surface area contributed by atoms with E-state index in [9.17, 15) is 9.90 Å². The Morgan fingerprint density at radius 3 is 2.39 bits per heavy atom. The van der Waals surface area contributed by atoms with E-state index in [1.165, 1.54) is 11.6 Å². The summed E-state index contributed by atoms with van der Waals surface area (Å²) >= 11 is 3.30. The number of phenolic OH excluding ortho intramolecular Hbond substituents is 1. The number of carbonyl (C=O) groups is 1. The van der Waals surface area contributed by atoms with Crippen LogP contribution in [0.15, 0.2) is 118 Å². The molecule has 0 saturated carbocycles. The van der Waals surface area contributed by atoms with Gasteiger partial charge in [0.15, 0.2) is 0 Å². The molecule has 2 N–H and O–H groups in total. The van der Waals surface area contributed by atoms with Crippen LogP contribution in [0.2, 0.25) is 0 Å². The third kappa shape index (κ3) is 5.21. The Balaban J connectivity index is 1.34. The first-order valence-electron chi connectivity index (χ1n) is 11.5. The monoisotopic (exact) mass is 538 g/mol. The van der Waals surface area contributed by atoms with Gasteiger partial charge in [-0.05, 0) is 47.0 Å². The molecule has 6 nitrogen and oxygen atoms in total. The van der Waals surface area contributed by atoms with Crippen molar-refractivity contribution in [3.8, 4) is 5.75 Å². The Morgan fingerprint density at radius 2 is 1.67 bits per heavy atom. The number of anilines is 1. The average Bonchev–Trinajstić information content (AvgIpc) is 3.37. The lowest BCUT2D eigenvalue weighted by molar-refractivity contribution is 0.0952. The minimum absolute atomic E-state index is 0.0954. The highest BCUT2D eigenvalue weighted by Crippen LogP contribution is 2.36. The Kier molecular flexibility index (Phi) is 6.91. The van der Waals surface area contributed by atoms with E-state index in [1.807, 2.05) is 48.5 Å². The van der Waals surface area contributed by atoms with Crippen molar-refractivity contribution >= 4 is 39.5 Å². The summed E-state index contributed by atoms with van der Waals surface area (Å²) in [5.41, 5.74) is 7.76. The van der Waals surface area contributed by atoms with E-state index in [2.05, 4.69) is 67.9 Å². The number of carbonyl (C=O) groups excluding carboxylic acids is 1. The molecule has 4 aromatic rings. The summed E-state index contributed by atoms with van der Waals surface area (Å²) in [6, 6.07) is 33.2. The fraction of sp³-hybridized carbons (Fsp3) is 0.0690. The van der Waals surface area contributed by atoms with Gasteiger partial charge in [0, 0.05) is 10.9 Å². The van der Waals surface area contributed by atoms with Gasteiger partial charge in [0.2, 0.25) is 0 Å². The Hall–Kier alpha value is -4.23. The molecular formula is C29H23BrN4O2. The van der Waals surface area contributed by atoms with Crippen molar-refractivity contribution in [1.29, 1.82) is 0 Å². The molecule has 0 aromatic heterocycles. The maximum atomic E-state index is 12.3. The van der Waals surface area contributed by atoms with Gasteiger partial charge in [0.1, 0.15) is 5.75 Å². The number of amides is 1. The minimum atomic E-state index is -0.493. The molecule has 0 bridgehead atoms. The van der Waals surface area contributed by atoms with Crippen molar-refractivity contribution in [2.45, 2.75) is 12.5 Å². The zero-order valence-corrected chi connectivity index (χ0v) is 20.8. The molecular weight excluding hydrogens is 516 g/mol. The van der Waals surface area contributed by atoms with Crippen LogP contribution in [0.4, 0.5) is 5.69 Å². The summed E-state index contributed by atoms with van der Waals surface area (Å²) in [4.78, 5) is 12.3. The van der Waals surface area contributed by atoms with Crippen LogP contribution in [-0.2, 0) is 0 Å². The fourth-order valence-corrected chi connectivity index (χ4v) is 4.48. The van der Waals surface area contributed by atoms with Crippen molar-refractivity contribution in [3.63, 3.8) is 0 Å². The molecule has 0 aliphatic carbocycles. The fourth-order valence-electron chi connectivity index (χ4n) is 4.12. The number of aromatic hydroxyl groups is 1. The third-order valence-corrected chi connectivity index (χ3v) is 6.44. The van der Waals surface area contributed by atoms with Crippen LogP contribution in [0.1, 0.15) is 39.5 Å². The van der Waals surface area contributed by atoms with Crippen molar-refractivity contribution < 1.29 is 9.90 Å². The molecule has 1 aliphatic rings. The van der Waals surface area contributed by atoms with Gasteiger partial charge in [-0.25, -0.2) is 5.43 Å². The normalized spacial score (nSPS) is 15.2. The lowest BCUT2D eigenvalue weighted by Gasteiger charge is -2.24. The second-order valence-electron chi connectivity index (χ2n) is 8.34. The highest BCUT2D eigenvalue weighted by Gasteiger charge is 2.29. The van der Waals surface area contributed by atoms with E-state index in [1.54, 1.807) is 18.3 Å². The van der Waals surface area contributed by atoms with E-state index >= 15 is 0 Å². The molecule has 0 radical (unpaired) electrons. The highest BCUT2D eigenvalue weighted by molar-refractivity contribution is 9.10. The van der Waals surface area contributed by atoms with Crippen LogP contribution in [0, 0.1) is 0 Å². The molecule has 0 unspecified atom stereocenters. The molecule has 7 heteroatoms. The van der Waals surface area contributed by atoms with Crippen molar-refractivity contribution in [1.82, 2.24) is 5.43 Å². The van der Waals surface area contributed by atoms with Gasteiger partial charge in [-0.1, -0.05) is 88.7 Å². The Morgan fingerprint density at radius 1 is 0.972 bits per heavy atom. The Bertz CT molecular complexity index is 1420. The molecule has 5 rings (SSSR count). The quantitative estimate of drug-likeness (QED) is 0.224. The molecule has 1 amide bonds. The lowest BCUT2D eigenvalue weighted by Crippen LogP contribution is -2.18. The van der Waals surface area contributed by atoms with Crippen molar-refractivity contribution in [2.75, 3.05) is 5.01 Å². The number of halogens is 1. The number of benzene rings is 4. The minimum Gasteiger partial charge on any atom is -0.507 e. The first-order valence-corrected chi connectivity index (χ1v) is 12.3. The summed E-state index contributed by atoms with van der Waals surface area (Å²) < 4.78 is 0.693. The largest absolute Gasteiger partial charge is 0.507 e. The number of hydrazone groups is 2. The predicted octanol–water partition coefficient (Wildman–Crippen LogP) is 6.27. The molecule has 0 spiro atoms. The van der Waals surface area contributed by atoms with E-state index < -0.39 is 5.91 Å². The summed E-state index contributed by atoms with van der Waals surface area (Å²) in [5.74, 6) is -0.600. The first-order chi connectivity index (χ1) is 17.6. The van der Waals surface area contributed by atoms with Gasteiger partial charge in [0.25, 0.3) is 5.91 Å². The molecule has 178 valence electrons. The molecule has 1 atom stereocenters. The molecule has 36 heavy (non-hydrogen) atoms. The SMILES string of the molecule is O=C(N/N=C\c1ccc(N2N=C(c3ccccc3)C[C@@H]2c2ccccc2)cc1)c1cc(Br)ccc1O. The van der Waals surface area contributed by atoms with E-state index in [0.29, 0.717) is 4.47 Å². The number of hydrogen-bond donors (Lipinski definition) is 2. The van der Waals surface area contributed by atoms with Crippen LogP contribution >= 0.6 is 15.9 Å². The van der Waals surface area contributed by atoms with Crippen LogP contribution in [-0.4, -0.2) is 22.9 Å². The second-order valence-corrected chi connectivity index (χ2v) is 9.26. The van der Waals surface area contributed by atoms with Gasteiger partial charge in [-0.3, -0.25) is 9.80 Å². The number of rotatable bonds is 6. The van der Waals surface area contributed by atoms with Gasteiger partial charge in [0.05, 0.1) is 29.2 Å². The van der Waals surface area contributed by atoms with Crippen LogP contribution in [0.25, 0.3) is 0 Å². The van der Waals surface area contributed by atoms with Crippen LogP contribution in [0.3, 0.4) is 0 Å². The number of phenols is 1. The molecule has 1 heterocycles. The standard InChI is InChI=1S/C29H23BrN4O2/c30-23-13-16-28(35)25(17-23)29(36)32-31-19-20-11-14-24(15-12-20)34-27(22-9-5-2-6-10-22)18-26(33-34)21-7-3-1-4-8-21/h1-17,19,27,35H,18H2,(H,32,36)/b31-19-/t27-/m1/s1. The topological polar surface area (TPSA) is 77.3 Å². The third-order valence-electron chi connectivity index (χ3n) is 5.94. The zero-order chi connectivity index (χ0) is 24.9. The summed E-state index contributed by atoms with van der Waals surface area (Å²) in [6.07, 6.45) is 2.37. The molecule has 0 fully saturated rings. The second kappa shape index (κ2) is 10.6. The predicted molar refractivity (Wildman–Crippen MR) is 147 cm³/mol. The molecule has 1 aliphatic heterocycles. The number of nitrogens with zero attached hydrogens (tertiary/aromatic N) is 3. The van der Waals surface area contributed by atoms with Crippen LogP contribution < -0.4 is 10.4 Å². The lowest BCUT2D eigenvalue weighted by atomic mass is 9.98. The van der Waals surface area contributed by atoms with Gasteiger partial charge in [-0.2, -0.15) is 10.2 Å². The molecule has 0 saturated heterocycles. The highest BCUT2D eigenvalue weighted by atomic mass is 79.9. The smallest absolute Gasteiger partial charge is 0.275 e. The Labute approximate surface area is 217 Å². The average molecular weight is 539 g/mol. The number of nitrogens with one attached hydrogen (secondary N) is 1. The zero-order valence-electron chi connectivity index (χ0n) is 19.3. The summed E-state index contributed by atoms with van der Waals surface area (Å²) in [5, 5.41) is 21.0. The first kappa shape index (κ1) is 23.5. The van der Waals surface area contributed by atoms with Crippen molar-refractivity contribution in [3.05, 3.63) is 130 Å². The van der Waals surface area contributed by atoms with E-state index in [0.717, 1.165) is 28.9 Å². The van der Waals surface area contributed by atoms with Gasteiger partial charge < -0.3 is 5.11 Å². The number of hydrogen-bond acceptors (Lipinski definition) is 5. The maximum Gasteiger partial charge on any atom is 0.275 e. The van der Waals surface area contributed by atoms with Crippen molar-refractivity contribution in [2.24, 2.45) is 10.2 Å². The summed E-state index contributed by atoms with van der Waals surface area (Å²) in [6.45, 7) is 0. The van der Waals surface area contributed by atoms with E-state index in [-0.39, 0.29) is 17.4 Å².